The maximum Gasteiger partial charge on any atom is 0.255 e. The van der Waals surface area contributed by atoms with Crippen molar-refractivity contribution >= 4 is 11.6 Å². The second-order valence-corrected chi connectivity index (χ2v) is 8.42. The standard InChI is InChI=1S/C28H31NO3/c30-28(24-12-7-13-27(20-24)32-21-23-10-5-2-6-11-23)29-25-14-16-26(17-15-25)31-19-18-22-8-3-1-4-9-22/h2,5-7,10-17,20,22H,1,3-4,8-9,18-19,21H2,(H,29,30). The zero-order valence-electron chi connectivity index (χ0n) is 18.5. The van der Waals surface area contributed by atoms with Gasteiger partial charge in [0.2, 0.25) is 0 Å². The molecule has 0 aliphatic heterocycles. The van der Waals surface area contributed by atoms with Gasteiger partial charge in [0.05, 0.1) is 6.61 Å². The van der Waals surface area contributed by atoms with Crippen molar-refractivity contribution in [2.75, 3.05) is 11.9 Å². The molecule has 166 valence electrons. The Bertz CT molecular complexity index is 979. The number of amides is 1. The van der Waals surface area contributed by atoms with E-state index in [0.29, 0.717) is 17.9 Å². The number of carbonyl (C=O) groups excluding carboxylic acids is 1. The highest BCUT2D eigenvalue weighted by Crippen LogP contribution is 2.26. The van der Waals surface area contributed by atoms with Gasteiger partial charge in [-0.1, -0.05) is 68.5 Å². The van der Waals surface area contributed by atoms with E-state index in [0.717, 1.165) is 35.9 Å². The summed E-state index contributed by atoms with van der Waals surface area (Å²) < 4.78 is 11.7. The van der Waals surface area contributed by atoms with Crippen molar-refractivity contribution in [1.82, 2.24) is 0 Å². The number of nitrogens with one attached hydrogen (secondary N) is 1. The van der Waals surface area contributed by atoms with E-state index in [1.54, 1.807) is 12.1 Å². The first-order chi connectivity index (χ1) is 15.8. The van der Waals surface area contributed by atoms with Crippen molar-refractivity contribution in [1.29, 1.82) is 0 Å². The molecule has 4 heteroatoms. The van der Waals surface area contributed by atoms with Crippen LogP contribution >= 0.6 is 0 Å². The SMILES string of the molecule is O=C(Nc1ccc(OCCC2CCCCC2)cc1)c1cccc(OCc2ccccc2)c1. The molecule has 0 heterocycles. The van der Waals surface area contributed by atoms with E-state index < -0.39 is 0 Å². The van der Waals surface area contributed by atoms with Crippen molar-refractivity contribution in [2.24, 2.45) is 5.92 Å². The number of rotatable bonds is 9. The van der Waals surface area contributed by atoms with Gasteiger partial charge in [0.1, 0.15) is 18.1 Å². The molecule has 1 fully saturated rings. The van der Waals surface area contributed by atoms with E-state index in [9.17, 15) is 4.79 Å². The fourth-order valence-corrected chi connectivity index (χ4v) is 4.13. The predicted octanol–water partition coefficient (Wildman–Crippen LogP) is 6.87. The molecule has 3 aromatic rings. The van der Waals surface area contributed by atoms with E-state index in [1.165, 1.54) is 32.1 Å². The molecule has 4 nitrogen and oxygen atoms in total. The number of hydrogen-bond acceptors (Lipinski definition) is 3. The van der Waals surface area contributed by atoms with Crippen LogP contribution in [0.15, 0.2) is 78.9 Å². The molecular formula is C28H31NO3. The molecule has 32 heavy (non-hydrogen) atoms. The Morgan fingerprint density at radius 1 is 0.812 bits per heavy atom. The molecule has 1 saturated carbocycles. The van der Waals surface area contributed by atoms with Crippen molar-refractivity contribution in [2.45, 2.75) is 45.1 Å². The number of hydrogen-bond donors (Lipinski definition) is 1. The summed E-state index contributed by atoms with van der Waals surface area (Å²) in [5.74, 6) is 2.16. The van der Waals surface area contributed by atoms with Crippen LogP contribution in [0.4, 0.5) is 5.69 Å². The second-order valence-electron chi connectivity index (χ2n) is 8.42. The first kappa shape index (κ1) is 21.9. The van der Waals surface area contributed by atoms with Gasteiger partial charge in [-0.05, 0) is 60.4 Å². The Morgan fingerprint density at radius 3 is 2.38 bits per heavy atom. The van der Waals surface area contributed by atoms with Crippen LogP contribution in [0, 0.1) is 5.92 Å². The largest absolute Gasteiger partial charge is 0.494 e. The summed E-state index contributed by atoms with van der Waals surface area (Å²) in [4.78, 5) is 12.7. The molecule has 1 N–H and O–H groups in total. The molecule has 0 saturated heterocycles. The quantitative estimate of drug-likeness (QED) is 0.404. The molecular weight excluding hydrogens is 398 g/mol. The Hall–Kier alpha value is -3.27. The van der Waals surface area contributed by atoms with E-state index in [2.05, 4.69) is 5.32 Å². The van der Waals surface area contributed by atoms with E-state index in [4.69, 9.17) is 9.47 Å². The van der Waals surface area contributed by atoms with Crippen molar-refractivity contribution in [3.63, 3.8) is 0 Å². The summed E-state index contributed by atoms with van der Waals surface area (Å²) in [6, 6.07) is 24.8. The highest BCUT2D eigenvalue weighted by Gasteiger charge is 2.13. The van der Waals surface area contributed by atoms with Gasteiger partial charge in [0.15, 0.2) is 0 Å². The van der Waals surface area contributed by atoms with Gasteiger partial charge in [0, 0.05) is 11.3 Å². The predicted molar refractivity (Wildman–Crippen MR) is 128 cm³/mol. The first-order valence-electron chi connectivity index (χ1n) is 11.6. The van der Waals surface area contributed by atoms with Crippen LogP contribution in [0.1, 0.15) is 54.4 Å². The molecule has 1 aliphatic rings. The number of anilines is 1. The summed E-state index contributed by atoms with van der Waals surface area (Å²) in [5, 5.41) is 2.94. The number of ether oxygens (including phenoxy) is 2. The molecule has 3 aromatic carbocycles. The fraction of sp³-hybridized carbons (Fsp3) is 0.321. The lowest BCUT2D eigenvalue weighted by Crippen LogP contribution is -2.12. The van der Waals surface area contributed by atoms with E-state index in [-0.39, 0.29) is 5.91 Å². The summed E-state index contributed by atoms with van der Waals surface area (Å²) in [6.07, 6.45) is 7.92. The Kier molecular flexibility index (Phi) is 7.80. The minimum Gasteiger partial charge on any atom is -0.494 e. The third-order valence-electron chi connectivity index (χ3n) is 5.98. The van der Waals surface area contributed by atoms with Gasteiger partial charge in [-0.2, -0.15) is 0 Å². The monoisotopic (exact) mass is 429 g/mol. The van der Waals surface area contributed by atoms with Crippen LogP contribution in [-0.4, -0.2) is 12.5 Å². The van der Waals surface area contributed by atoms with Gasteiger partial charge < -0.3 is 14.8 Å². The molecule has 0 spiro atoms. The van der Waals surface area contributed by atoms with Crippen LogP contribution < -0.4 is 14.8 Å². The lowest BCUT2D eigenvalue weighted by molar-refractivity contribution is 0.102. The normalized spacial score (nSPS) is 14.0. The Morgan fingerprint density at radius 2 is 1.59 bits per heavy atom. The molecule has 1 aliphatic carbocycles. The van der Waals surface area contributed by atoms with Crippen LogP contribution in [0.2, 0.25) is 0 Å². The van der Waals surface area contributed by atoms with Crippen molar-refractivity contribution in [3.8, 4) is 11.5 Å². The van der Waals surface area contributed by atoms with Crippen LogP contribution in [-0.2, 0) is 6.61 Å². The number of benzene rings is 3. The third-order valence-corrected chi connectivity index (χ3v) is 5.98. The number of carbonyl (C=O) groups is 1. The van der Waals surface area contributed by atoms with Crippen molar-refractivity contribution < 1.29 is 14.3 Å². The molecule has 0 atom stereocenters. The first-order valence-corrected chi connectivity index (χ1v) is 11.6. The van der Waals surface area contributed by atoms with E-state index >= 15 is 0 Å². The van der Waals surface area contributed by atoms with Crippen molar-refractivity contribution in [3.05, 3.63) is 90.0 Å². The zero-order chi connectivity index (χ0) is 22.0. The van der Waals surface area contributed by atoms with Gasteiger partial charge in [-0.25, -0.2) is 0 Å². The van der Waals surface area contributed by atoms with Crippen LogP contribution in [0.25, 0.3) is 0 Å². The third kappa shape index (κ3) is 6.61. The van der Waals surface area contributed by atoms with Crippen LogP contribution in [0.3, 0.4) is 0 Å². The topological polar surface area (TPSA) is 47.6 Å². The van der Waals surface area contributed by atoms with Gasteiger partial charge in [-0.3, -0.25) is 4.79 Å². The highest BCUT2D eigenvalue weighted by atomic mass is 16.5. The molecule has 0 unspecified atom stereocenters. The summed E-state index contributed by atoms with van der Waals surface area (Å²) in [6.45, 7) is 1.22. The second kappa shape index (κ2) is 11.4. The highest BCUT2D eigenvalue weighted by molar-refractivity contribution is 6.04. The van der Waals surface area contributed by atoms with Crippen LogP contribution in [0.5, 0.6) is 11.5 Å². The van der Waals surface area contributed by atoms with E-state index in [1.807, 2.05) is 66.7 Å². The molecule has 0 bridgehead atoms. The minimum absolute atomic E-state index is 0.166. The maximum absolute atomic E-state index is 12.7. The Labute approximate surface area is 190 Å². The molecule has 0 radical (unpaired) electrons. The molecule has 4 rings (SSSR count). The lowest BCUT2D eigenvalue weighted by Gasteiger charge is -2.21. The summed E-state index contributed by atoms with van der Waals surface area (Å²) in [7, 11) is 0. The molecule has 1 amide bonds. The van der Waals surface area contributed by atoms with Gasteiger partial charge in [0.25, 0.3) is 5.91 Å². The summed E-state index contributed by atoms with van der Waals surface area (Å²) in [5.41, 5.74) is 2.39. The van der Waals surface area contributed by atoms with Gasteiger partial charge in [-0.15, -0.1) is 0 Å². The maximum atomic E-state index is 12.7. The average molecular weight is 430 g/mol. The Balaban J connectivity index is 1.26. The smallest absolute Gasteiger partial charge is 0.255 e. The summed E-state index contributed by atoms with van der Waals surface area (Å²) >= 11 is 0. The lowest BCUT2D eigenvalue weighted by atomic mass is 9.87. The average Bonchev–Trinajstić information content (AvgIpc) is 2.85. The van der Waals surface area contributed by atoms with Gasteiger partial charge >= 0.3 is 0 Å². The zero-order valence-corrected chi connectivity index (χ0v) is 18.5. The molecule has 0 aromatic heterocycles. The fourth-order valence-electron chi connectivity index (χ4n) is 4.13. The minimum atomic E-state index is -0.166.